The smallest absolute Gasteiger partial charge is 0.261 e. The first-order chi connectivity index (χ1) is 12.6. The number of fused-ring (bicyclic) bond motifs is 1. The fraction of sp³-hybridized carbons (Fsp3) is 0.684. The van der Waals surface area contributed by atoms with Gasteiger partial charge in [0, 0.05) is 31.9 Å². The molecule has 26 heavy (non-hydrogen) atoms. The third-order valence-corrected chi connectivity index (χ3v) is 5.88. The fourth-order valence-corrected chi connectivity index (χ4v) is 4.36. The minimum Gasteiger partial charge on any atom is -0.389 e. The Kier molecular flexibility index (Phi) is 5.11. The van der Waals surface area contributed by atoms with Gasteiger partial charge in [0.2, 0.25) is 0 Å². The average Bonchev–Trinajstić information content (AvgIpc) is 2.92. The Bertz CT molecular complexity index is 732. The number of pyridine rings is 1. The molecule has 3 heterocycles. The van der Waals surface area contributed by atoms with Gasteiger partial charge >= 0.3 is 0 Å². The first kappa shape index (κ1) is 17.7. The number of rotatable bonds is 2. The van der Waals surface area contributed by atoms with Gasteiger partial charge in [-0.15, -0.1) is 0 Å². The molecule has 2 aliphatic heterocycles. The summed E-state index contributed by atoms with van der Waals surface area (Å²) in [5, 5.41) is 10.0. The standard InChI is InChI=1S/C19H27N3O4/c23-17-12-26-11-16(17)21-6-3-7-22(9-8-21)19(25)14-10-13-4-1-2-5-15(13)20-18(14)24/h10,16-17,23H,1-9,11-12H2,(H,20,24). The molecular formula is C19H27N3O4. The Morgan fingerprint density at radius 2 is 1.96 bits per heavy atom. The molecule has 1 aromatic heterocycles. The van der Waals surface area contributed by atoms with Crippen LogP contribution in [0, 0.1) is 0 Å². The lowest BCUT2D eigenvalue weighted by Gasteiger charge is -2.28. The van der Waals surface area contributed by atoms with Gasteiger partial charge in [0.05, 0.1) is 25.4 Å². The molecule has 1 aromatic rings. The number of carbonyl (C=O) groups excluding carboxylic acids is 1. The van der Waals surface area contributed by atoms with E-state index in [1.54, 1.807) is 4.90 Å². The number of hydrogen-bond acceptors (Lipinski definition) is 5. The van der Waals surface area contributed by atoms with E-state index in [9.17, 15) is 14.7 Å². The molecule has 1 aliphatic carbocycles. The third kappa shape index (κ3) is 3.43. The highest BCUT2D eigenvalue weighted by molar-refractivity contribution is 5.94. The van der Waals surface area contributed by atoms with Crippen LogP contribution >= 0.6 is 0 Å². The van der Waals surface area contributed by atoms with Gasteiger partial charge in [-0.2, -0.15) is 0 Å². The van der Waals surface area contributed by atoms with Gasteiger partial charge in [-0.3, -0.25) is 14.5 Å². The fourth-order valence-electron chi connectivity index (χ4n) is 4.36. The molecule has 0 spiro atoms. The normalized spacial score (nSPS) is 27.2. The van der Waals surface area contributed by atoms with Crippen LogP contribution in [0.15, 0.2) is 10.9 Å². The average molecular weight is 361 g/mol. The van der Waals surface area contributed by atoms with Crippen molar-refractivity contribution >= 4 is 5.91 Å². The molecule has 2 atom stereocenters. The summed E-state index contributed by atoms with van der Waals surface area (Å²) in [5.74, 6) is -0.176. The van der Waals surface area contributed by atoms with Crippen molar-refractivity contribution in [2.24, 2.45) is 0 Å². The molecule has 1 amide bonds. The summed E-state index contributed by atoms with van der Waals surface area (Å²) in [6, 6.07) is 1.82. The van der Waals surface area contributed by atoms with E-state index in [2.05, 4.69) is 9.88 Å². The molecule has 0 aromatic carbocycles. The third-order valence-electron chi connectivity index (χ3n) is 5.88. The molecule has 7 nitrogen and oxygen atoms in total. The van der Waals surface area contributed by atoms with Gasteiger partial charge in [-0.25, -0.2) is 0 Å². The lowest BCUT2D eigenvalue weighted by molar-refractivity contribution is 0.0723. The summed E-state index contributed by atoms with van der Waals surface area (Å²) in [4.78, 5) is 32.3. The quantitative estimate of drug-likeness (QED) is 0.784. The van der Waals surface area contributed by atoms with E-state index in [4.69, 9.17) is 4.74 Å². The van der Waals surface area contributed by atoms with Crippen LogP contribution < -0.4 is 5.56 Å². The van der Waals surface area contributed by atoms with E-state index in [-0.39, 0.29) is 23.1 Å². The monoisotopic (exact) mass is 361 g/mol. The molecule has 142 valence electrons. The lowest BCUT2D eigenvalue weighted by Crippen LogP contribution is -2.45. The molecular weight excluding hydrogens is 334 g/mol. The highest BCUT2D eigenvalue weighted by Crippen LogP contribution is 2.20. The van der Waals surface area contributed by atoms with Crippen molar-refractivity contribution in [3.05, 3.63) is 33.2 Å². The number of aromatic nitrogens is 1. The molecule has 0 radical (unpaired) electrons. The second-order valence-electron chi connectivity index (χ2n) is 7.58. The molecule has 0 bridgehead atoms. The minimum atomic E-state index is -0.458. The second-order valence-corrected chi connectivity index (χ2v) is 7.58. The number of carbonyl (C=O) groups is 1. The Morgan fingerprint density at radius 3 is 2.77 bits per heavy atom. The highest BCUT2D eigenvalue weighted by Gasteiger charge is 2.33. The predicted octanol–water partition coefficient (Wildman–Crippen LogP) is 0.161. The van der Waals surface area contributed by atoms with Crippen LogP contribution in [0.3, 0.4) is 0 Å². The van der Waals surface area contributed by atoms with E-state index in [1.165, 1.54) is 0 Å². The van der Waals surface area contributed by atoms with E-state index in [1.807, 2.05) is 6.07 Å². The number of H-pyrrole nitrogens is 1. The molecule has 2 N–H and O–H groups in total. The first-order valence-corrected chi connectivity index (χ1v) is 9.67. The minimum absolute atomic E-state index is 0.0113. The van der Waals surface area contributed by atoms with Crippen LogP contribution in [-0.4, -0.2) is 77.3 Å². The van der Waals surface area contributed by atoms with Crippen molar-refractivity contribution in [1.82, 2.24) is 14.8 Å². The highest BCUT2D eigenvalue weighted by atomic mass is 16.5. The Balaban J connectivity index is 1.48. The molecule has 4 rings (SSSR count). The van der Waals surface area contributed by atoms with E-state index >= 15 is 0 Å². The van der Waals surface area contributed by atoms with E-state index in [0.717, 1.165) is 49.9 Å². The topological polar surface area (TPSA) is 85.9 Å². The van der Waals surface area contributed by atoms with Crippen molar-refractivity contribution in [3.63, 3.8) is 0 Å². The number of aryl methyl sites for hydroxylation is 2. The van der Waals surface area contributed by atoms with E-state index in [0.29, 0.717) is 32.8 Å². The van der Waals surface area contributed by atoms with Crippen molar-refractivity contribution in [1.29, 1.82) is 0 Å². The van der Waals surface area contributed by atoms with Crippen LogP contribution in [0.5, 0.6) is 0 Å². The molecule has 3 aliphatic rings. The predicted molar refractivity (Wildman–Crippen MR) is 96.4 cm³/mol. The number of amides is 1. The summed E-state index contributed by atoms with van der Waals surface area (Å²) >= 11 is 0. The van der Waals surface area contributed by atoms with Crippen LogP contribution in [-0.2, 0) is 17.6 Å². The molecule has 2 saturated heterocycles. The van der Waals surface area contributed by atoms with Crippen molar-refractivity contribution in [3.8, 4) is 0 Å². The van der Waals surface area contributed by atoms with Crippen LogP contribution in [0.1, 0.15) is 40.9 Å². The second kappa shape index (κ2) is 7.50. The molecule has 7 heteroatoms. The lowest BCUT2D eigenvalue weighted by atomic mass is 9.95. The largest absolute Gasteiger partial charge is 0.389 e. The van der Waals surface area contributed by atoms with Gasteiger partial charge in [0.1, 0.15) is 5.56 Å². The number of nitrogens with zero attached hydrogens (tertiary/aromatic N) is 2. The maximum atomic E-state index is 13.0. The van der Waals surface area contributed by atoms with Crippen molar-refractivity contribution in [2.45, 2.75) is 44.2 Å². The van der Waals surface area contributed by atoms with Crippen LogP contribution in [0.25, 0.3) is 0 Å². The van der Waals surface area contributed by atoms with Gasteiger partial charge in [-0.05, 0) is 43.7 Å². The van der Waals surface area contributed by atoms with Gasteiger partial charge in [-0.1, -0.05) is 0 Å². The number of ether oxygens (including phenoxy) is 1. The van der Waals surface area contributed by atoms with Crippen LogP contribution in [0.4, 0.5) is 0 Å². The number of aliphatic hydroxyl groups is 1. The summed E-state index contributed by atoms with van der Waals surface area (Å²) in [6.45, 7) is 3.65. The molecule has 0 saturated carbocycles. The van der Waals surface area contributed by atoms with E-state index < -0.39 is 6.10 Å². The number of aliphatic hydroxyl groups excluding tert-OH is 1. The number of hydrogen-bond donors (Lipinski definition) is 2. The Morgan fingerprint density at radius 1 is 1.12 bits per heavy atom. The maximum absolute atomic E-state index is 13.0. The summed E-state index contributed by atoms with van der Waals surface area (Å²) in [6.07, 6.45) is 4.40. The summed E-state index contributed by atoms with van der Waals surface area (Å²) < 4.78 is 5.36. The number of aromatic amines is 1. The van der Waals surface area contributed by atoms with Crippen molar-refractivity contribution < 1.29 is 14.6 Å². The zero-order chi connectivity index (χ0) is 18.1. The first-order valence-electron chi connectivity index (χ1n) is 9.67. The van der Waals surface area contributed by atoms with Gasteiger partial charge < -0.3 is 19.7 Å². The Hall–Kier alpha value is -1.70. The SMILES string of the molecule is O=C(c1cc2c([nH]c1=O)CCCC2)N1CCCN(C2COCC2O)CC1. The zero-order valence-corrected chi connectivity index (χ0v) is 15.1. The Labute approximate surface area is 152 Å². The van der Waals surface area contributed by atoms with Gasteiger partial charge in [0.25, 0.3) is 11.5 Å². The van der Waals surface area contributed by atoms with Crippen molar-refractivity contribution in [2.75, 3.05) is 39.4 Å². The summed E-state index contributed by atoms with van der Waals surface area (Å²) in [5.41, 5.74) is 2.11. The maximum Gasteiger partial charge on any atom is 0.261 e. The molecule has 2 fully saturated rings. The molecule has 2 unspecified atom stereocenters. The van der Waals surface area contributed by atoms with Crippen LogP contribution in [0.2, 0.25) is 0 Å². The zero-order valence-electron chi connectivity index (χ0n) is 15.1. The summed E-state index contributed by atoms with van der Waals surface area (Å²) in [7, 11) is 0. The van der Waals surface area contributed by atoms with Gasteiger partial charge in [0.15, 0.2) is 0 Å². The number of nitrogens with one attached hydrogen (secondary N) is 1.